The van der Waals surface area contributed by atoms with Gasteiger partial charge in [0.15, 0.2) is 0 Å². The van der Waals surface area contributed by atoms with Gasteiger partial charge in [-0.1, -0.05) is 39.0 Å². The summed E-state index contributed by atoms with van der Waals surface area (Å²) in [6.45, 7) is 14.1. The molecule has 1 aromatic carbocycles. The van der Waals surface area contributed by atoms with Crippen LogP contribution < -0.4 is 10.2 Å². The first-order chi connectivity index (χ1) is 20.1. The number of hydrogen-bond acceptors (Lipinski definition) is 7. The molecule has 0 spiro atoms. The van der Waals surface area contributed by atoms with Gasteiger partial charge in [-0.25, -0.2) is 4.79 Å². The molecule has 234 valence electrons. The molecule has 0 saturated carbocycles. The van der Waals surface area contributed by atoms with E-state index in [1.54, 1.807) is 52.2 Å². The Hall–Kier alpha value is -3.50. The second kappa shape index (κ2) is 12.6. The average molecular weight is 595 g/mol. The maximum atomic E-state index is 14.8. The average Bonchev–Trinajstić information content (AvgIpc) is 3.26. The third-order valence-electron chi connectivity index (χ3n) is 7.76. The number of hydrogen-bond donors (Lipinski definition) is 2. The maximum absolute atomic E-state index is 14.8. The second-order valence-electron chi connectivity index (χ2n) is 13.9. The van der Waals surface area contributed by atoms with Crippen molar-refractivity contribution in [2.24, 2.45) is 0 Å². The quantitative estimate of drug-likeness (QED) is 0.505. The molecule has 0 bridgehead atoms. The fourth-order valence-electron chi connectivity index (χ4n) is 5.57. The number of pyridine rings is 1. The number of ether oxygens (including phenoxy) is 2. The van der Waals surface area contributed by atoms with Crippen LogP contribution in [0.15, 0.2) is 48.8 Å². The summed E-state index contributed by atoms with van der Waals surface area (Å²) in [5.41, 5.74) is -0.184. The lowest BCUT2D eigenvalue weighted by atomic mass is 9.87. The van der Waals surface area contributed by atoms with Crippen LogP contribution in [0.4, 0.5) is 10.5 Å². The van der Waals surface area contributed by atoms with Gasteiger partial charge in [-0.15, -0.1) is 0 Å². The molecular weight excluding hydrogens is 548 g/mol. The molecule has 2 fully saturated rings. The van der Waals surface area contributed by atoms with Gasteiger partial charge in [0.2, 0.25) is 5.91 Å². The molecular formula is C33H46N4O6. The SMILES string of the molecule is CC(C)(C)OC(=O)N1C[C@](C)(O)C[C@@H]1C(=O)N(c1ccc(C(C)(C)C)cc1)C(C(=O)NC1CCOCC1)c1cccnc1. The van der Waals surface area contributed by atoms with Gasteiger partial charge in [-0.2, -0.15) is 0 Å². The highest BCUT2D eigenvalue weighted by atomic mass is 16.6. The highest BCUT2D eigenvalue weighted by Gasteiger charge is 2.50. The van der Waals surface area contributed by atoms with Crippen LogP contribution in [0.1, 0.15) is 84.9 Å². The Morgan fingerprint density at radius 3 is 2.30 bits per heavy atom. The lowest BCUT2D eigenvalue weighted by Gasteiger charge is -2.36. The van der Waals surface area contributed by atoms with Crippen molar-refractivity contribution in [3.8, 4) is 0 Å². The van der Waals surface area contributed by atoms with Crippen molar-refractivity contribution in [1.29, 1.82) is 0 Å². The number of aliphatic hydroxyl groups is 1. The van der Waals surface area contributed by atoms with Crippen LogP contribution in [0.25, 0.3) is 0 Å². The van der Waals surface area contributed by atoms with Gasteiger partial charge in [0.05, 0.1) is 12.1 Å². The van der Waals surface area contributed by atoms with Gasteiger partial charge in [0.25, 0.3) is 5.91 Å². The zero-order chi connectivity index (χ0) is 31.6. The molecule has 2 N–H and O–H groups in total. The number of carbonyl (C=O) groups excluding carboxylic acids is 3. The molecule has 3 heterocycles. The summed E-state index contributed by atoms with van der Waals surface area (Å²) >= 11 is 0. The molecule has 10 nitrogen and oxygen atoms in total. The molecule has 0 radical (unpaired) electrons. The number of benzene rings is 1. The molecule has 2 aromatic rings. The van der Waals surface area contributed by atoms with Crippen LogP contribution >= 0.6 is 0 Å². The van der Waals surface area contributed by atoms with Crippen molar-refractivity contribution >= 4 is 23.6 Å². The number of nitrogens with one attached hydrogen (secondary N) is 1. The maximum Gasteiger partial charge on any atom is 0.411 e. The van der Waals surface area contributed by atoms with Crippen molar-refractivity contribution < 1.29 is 29.0 Å². The van der Waals surface area contributed by atoms with Crippen molar-refractivity contribution in [3.05, 3.63) is 59.9 Å². The van der Waals surface area contributed by atoms with Crippen molar-refractivity contribution in [2.45, 2.75) is 102 Å². The molecule has 1 unspecified atom stereocenters. The molecule has 3 amide bonds. The van der Waals surface area contributed by atoms with Crippen LogP contribution in [0.3, 0.4) is 0 Å². The number of carbonyl (C=O) groups is 3. The van der Waals surface area contributed by atoms with Crippen molar-refractivity contribution in [2.75, 3.05) is 24.7 Å². The molecule has 4 rings (SSSR count). The first-order valence-corrected chi connectivity index (χ1v) is 15.0. The zero-order valence-electron chi connectivity index (χ0n) is 26.4. The van der Waals surface area contributed by atoms with E-state index in [1.807, 2.05) is 24.3 Å². The number of nitrogens with zero attached hydrogens (tertiary/aromatic N) is 3. The Labute approximate surface area is 254 Å². The molecule has 2 aliphatic heterocycles. The number of likely N-dealkylation sites (tertiary alicyclic amines) is 1. The Bertz CT molecular complexity index is 1280. The third kappa shape index (κ3) is 8.12. The highest BCUT2D eigenvalue weighted by molar-refractivity contribution is 6.05. The summed E-state index contributed by atoms with van der Waals surface area (Å²) in [6.07, 6.45) is 3.81. The van der Waals surface area contributed by atoms with E-state index in [0.29, 0.717) is 37.3 Å². The lowest BCUT2D eigenvalue weighted by Crippen LogP contribution is -2.53. The van der Waals surface area contributed by atoms with Gasteiger partial charge < -0.3 is 19.9 Å². The summed E-state index contributed by atoms with van der Waals surface area (Å²) in [5, 5.41) is 14.2. The molecule has 43 heavy (non-hydrogen) atoms. The van der Waals surface area contributed by atoms with E-state index in [0.717, 1.165) is 5.56 Å². The topological polar surface area (TPSA) is 121 Å². The van der Waals surface area contributed by atoms with Gasteiger partial charge >= 0.3 is 6.09 Å². The fraction of sp³-hybridized carbons (Fsp3) is 0.576. The van der Waals surface area contributed by atoms with E-state index in [-0.39, 0.29) is 30.3 Å². The van der Waals surface area contributed by atoms with Gasteiger partial charge in [-0.3, -0.25) is 24.4 Å². The summed E-state index contributed by atoms with van der Waals surface area (Å²) in [4.78, 5) is 49.2. The van der Waals surface area contributed by atoms with E-state index in [1.165, 1.54) is 9.80 Å². The summed E-state index contributed by atoms with van der Waals surface area (Å²) < 4.78 is 11.1. The molecule has 3 atom stereocenters. The highest BCUT2D eigenvalue weighted by Crippen LogP contribution is 2.36. The molecule has 1 aromatic heterocycles. The Morgan fingerprint density at radius 1 is 1.09 bits per heavy atom. The predicted octanol–water partition coefficient (Wildman–Crippen LogP) is 4.51. The molecule has 0 aliphatic carbocycles. The summed E-state index contributed by atoms with van der Waals surface area (Å²) in [5.74, 6) is -0.857. The van der Waals surface area contributed by atoms with Crippen LogP contribution in [0.5, 0.6) is 0 Å². The third-order valence-corrected chi connectivity index (χ3v) is 7.76. The van der Waals surface area contributed by atoms with Gasteiger partial charge in [0, 0.05) is 49.3 Å². The molecule has 2 saturated heterocycles. The smallest absolute Gasteiger partial charge is 0.411 e. The Balaban J connectivity index is 1.81. The number of amides is 3. The largest absolute Gasteiger partial charge is 0.444 e. The van der Waals surface area contributed by atoms with Crippen LogP contribution in [-0.2, 0) is 24.5 Å². The van der Waals surface area contributed by atoms with Crippen molar-refractivity contribution in [3.63, 3.8) is 0 Å². The lowest BCUT2D eigenvalue weighted by molar-refractivity contribution is -0.129. The fourth-order valence-corrected chi connectivity index (χ4v) is 5.57. The van der Waals surface area contributed by atoms with E-state index in [9.17, 15) is 19.5 Å². The van der Waals surface area contributed by atoms with Crippen molar-refractivity contribution in [1.82, 2.24) is 15.2 Å². The standard InChI is InChI=1S/C33H46N4O6/c1-31(2,3)23-10-12-25(13-11-23)37(29(39)26-19-33(7,41)21-36(26)30(40)43-32(4,5)6)27(22-9-8-16-34-20-22)28(38)35-24-14-17-42-18-15-24/h8-13,16,20,24,26-27,41H,14-15,17-19,21H2,1-7H3,(H,35,38)/t26-,27?,33-/m1/s1. The van der Waals surface area contributed by atoms with Crippen LogP contribution in [0, 0.1) is 0 Å². The number of aromatic nitrogens is 1. The first-order valence-electron chi connectivity index (χ1n) is 15.0. The Kier molecular flexibility index (Phi) is 9.51. The molecule has 2 aliphatic rings. The normalized spacial score (nSPS) is 22.1. The van der Waals surface area contributed by atoms with E-state index in [4.69, 9.17) is 9.47 Å². The minimum Gasteiger partial charge on any atom is -0.444 e. The minimum absolute atomic E-state index is 0.0109. The Morgan fingerprint density at radius 2 is 1.74 bits per heavy atom. The van der Waals surface area contributed by atoms with E-state index in [2.05, 4.69) is 31.1 Å². The van der Waals surface area contributed by atoms with Crippen LogP contribution in [-0.4, -0.2) is 75.9 Å². The van der Waals surface area contributed by atoms with E-state index >= 15 is 0 Å². The number of anilines is 1. The summed E-state index contributed by atoms with van der Waals surface area (Å²) in [6, 6.07) is 8.78. The van der Waals surface area contributed by atoms with Crippen LogP contribution in [0.2, 0.25) is 0 Å². The summed E-state index contributed by atoms with van der Waals surface area (Å²) in [7, 11) is 0. The predicted molar refractivity (Wildman–Crippen MR) is 164 cm³/mol. The number of β-amino-alcohol motifs (C(OH)–C–C–N with tert-alkyl or cyclic N) is 1. The van der Waals surface area contributed by atoms with E-state index < -0.39 is 35.3 Å². The van der Waals surface area contributed by atoms with Gasteiger partial charge in [0.1, 0.15) is 17.7 Å². The number of rotatable bonds is 6. The first kappa shape index (κ1) is 32.4. The monoisotopic (exact) mass is 594 g/mol. The zero-order valence-corrected chi connectivity index (χ0v) is 26.4. The minimum atomic E-state index is -1.33. The van der Waals surface area contributed by atoms with Gasteiger partial charge in [-0.05, 0) is 69.7 Å². The second-order valence-corrected chi connectivity index (χ2v) is 13.9. The molecule has 10 heteroatoms.